The molecule has 0 aromatic rings. The summed E-state index contributed by atoms with van der Waals surface area (Å²) in [6.45, 7) is 4.25. The number of carbonyl (C=O) groups excluding carboxylic acids is 1. The summed E-state index contributed by atoms with van der Waals surface area (Å²) in [5.41, 5.74) is 0. The third-order valence-corrected chi connectivity index (χ3v) is 6.93. The predicted octanol–water partition coefficient (Wildman–Crippen LogP) is 5.28. The van der Waals surface area contributed by atoms with E-state index in [0.717, 1.165) is 19.3 Å². The van der Waals surface area contributed by atoms with Crippen LogP contribution < -0.4 is 0 Å². The molecule has 0 radical (unpaired) electrons. The minimum Gasteiger partial charge on any atom is -0.465 e. The fourth-order valence-electron chi connectivity index (χ4n) is 5.15. The number of ether oxygens (including phenoxy) is 3. The molecular formula is C23H40O4. The van der Waals surface area contributed by atoms with Crippen LogP contribution in [0.2, 0.25) is 0 Å². The Labute approximate surface area is 165 Å². The SMILES string of the molecule is CC1CC(C(=O)OCC2CCCCC2)CCC1OCCOC1CCCCC1. The Hall–Kier alpha value is -0.610. The summed E-state index contributed by atoms with van der Waals surface area (Å²) in [5.74, 6) is 1.12. The first-order valence-corrected chi connectivity index (χ1v) is 11.6. The lowest BCUT2D eigenvalue weighted by molar-refractivity contribution is -0.154. The van der Waals surface area contributed by atoms with Crippen molar-refractivity contribution in [3.8, 4) is 0 Å². The van der Waals surface area contributed by atoms with Crippen LogP contribution in [0, 0.1) is 17.8 Å². The van der Waals surface area contributed by atoms with E-state index in [1.807, 2.05) is 0 Å². The number of rotatable bonds is 8. The molecule has 3 unspecified atom stereocenters. The Morgan fingerprint density at radius 2 is 1.48 bits per heavy atom. The second-order valence-electron chi connectivity index (χ2n) is 9.16. The van der Waals surface area contributed by atoms with Crippen LogP contribution in [0.4, 0.5) is 0 Å². The van der Waals surface area contributed by atoms with E-state index < -0.39 is 0 Å². The van der Waals surface area contributed by atoms with Gasteiger partial charge in [-0.2, -0.15) is 0 Å². The van der Waals surface area contributed by atoms with Crippen molar-refractivity contribution < 1.29 is 19.0 Å². The van der Waals surface area contributed by atoms with Gasteiger partial charge in [0.25, 0.3) is 0 Å². The molecule has 3 aliphatic rings. The van der Waals surface area contributed by atoms with Gasteiger partial charge in [-0.25, -0.2) is 0 Å². The van der Waals surface area contributed by atoms with Crippen LogP contribution in [0.15, 0.2) is 0 Å². The van der Waals surface area contributed by atoms with E-state index in [1.165, 1.54) is 64.2 Å². The van der Waals surface area contributed by atoms with Gasteiger partial charge in [-0.05, 0) is 56.8 Å². The molecule has 3 aliphatic carbocycles. The third-order valence-electron chi connectivity index (χ3n) is 6.93. The highest BCUT2D eigenvalue weighted by Gasteiger charge is 2.33. The molecular weight excluding hydrogens is 340 g/mol. The summed E-state index contributed by atoms with van der Waals surface area (Å²) in [6, 6.07) is 0. The van der Waals surface area contributed by atoms with Gasteiger partial charge < -0.3 is 14.2 Å². The standard InChI is InChI=1S/C23H40O4/c1-18-16-20(23(24)27-17-19-8-4-2-5-9-19)12-13-22(18)26-15-14-25-21-10-6-3-7-11-21/h18-22H,2-17H2,1H3. The van der Waals surface area contributed by atoms with Gasteiger partial charge in [0.05, 0.1) is 37.9 Å². The number of hydrogen-bond acceptors (Lipinski definition) is 4. The van der Waals surface area contributed by atoms with Crippen molar-refractivity contribution in [3.05, 3.63) is 0 Å². The highest BCUT2D eigenvalue weighted by Crippen LogP contribution is 2.32. The smallest absolute Gasteiger partial charge is 0.308 e. The molecule has 0 saturated heterocycles. The average molecular weight is 381 g/mol. The lowest BCUT2D eigenvalue weighted by Gasteiger charge is -2.33. The van der Waals surface area contributed by atoms with Crippen molar-refractivity contribution in [3.63, 3.8) is 0 Å². The Morgan fingerprint density at radius 3 is 2.19 bits per heavy atom. The number of carbonyl (C=O) groups is 1. The molecule has 0 N–H and O–H groups in total. The van der Waals surface area contributed by atoms with E-state index >= 15 is 0 Å². The molecule has 3 rings (SSSR count). The molecule has 156 valence electrons. The minimum absolute atomic E-state index is 0.0338. The summed E-state index contributed by atoms with van der Waals surface area (Å²) in [5, 5.41) is 0. The summed E-state index contributed by atoms with van der Waals surface area (Å²) < 4.78 is 17.7. The molecule has 0 heterocycles. The van der Waals surface area contributed by atoms with Gasteiger partial charge >= 0.3 is 5.97 Å². The molecule has 0 aliphatic heterocycles. The summed E-state index contributed by atoms with van der Waals surface area (Å²) in [7, 11) is 0. The topological polar surface area (TPSA) is 44.8 Å². The minimum atomic E-state index is 0.0338. The first-order chi connectivity index (χ1) is 13.2. The van der Waals surface area contributed by atoms with E-state index in [2.05, 4.69) is 6.92 Å². The van der Waals surface area contributed by atoms with Gasteiger partial charge in [-0.1, -0.05) is 45.4 Å². The van der Waals surface area contributed by atoms with Crippen LogP contribution in [0.5, 0.6) is 0 Å². The Kier molecular flexibility index (Phi) is 8.92. The second kappa shape index (κ2) is 11.4. The molecule has 3 atom stereocenters. The van der Waals surface area contributed by atoms with Crippen LogP contribution in [0.25, 0.3) is 0 Å². The molecule has 4 heteroatoms. The first kappa shape index (κ1) is 21.1. The van der Waals surface area contributed by atoms with E-state index in [0.29, 0.717) is 37.8 Å². The molecule has 0 aromatic carbocycles. The fraction of sp³-hybridized carbons (Fsp3) is 0.957. The highest BCUT2D eigenvalue weighted by molar-refractivity contribution is 5.72. The lowest BCUT2D eigenvalue weighted by atomic mass is 9.80. The van der Waals surface area contributed by atoms with E-state index in [-0.39, 0.29) is 18.0 Å². The van der Waals surface area contributed by atoms with Crippen molar-refractivity contribution in [2.24, 2.45) is 17.8 Å². The molecule has 4 nitrogen and oxygen atoms in total. The molecule has 27 heavy (non-hydrogen) atoms. The Balaban J connectivity index is 1.28. The van der Waals surface area contributed by atoms with Crippen molar-refractivity contribution in [1.82, 2.24) is 0 Å². The zero-order valence-electron chi connectivity index (χ0n) is 17.3. The van der Waals surface area contributed by atoms with Gasteiger partial charge in [-0.3, -0.25) is 4.79 Å². The van der Waals surface area contributed by atoms with E-state index in [1.54, 1.807) is 0 Å². The van der Waals surface area contributed by atoms with Crippen molar-refractivity contribution >= 4 is 5.97 Å². The Bertz CT molecular complexity index is 426. The summed E-state index contributed by atoms with van der Waals surface area (Å²) in [6.07, 6.45) is 16.3. The maximum Gasteiger partial charge on any atom is 0.308 e. The van der Waals surface area contributed by atoms with Gasteiger partial charge in [0.15, 0.2) is 0 Å². The largest absolute Gasteiger partial charge is 0.465 e. The highest BCUT2D eigenvalue weighted by atomic mass is 16.5. The van der Waals surface area contributed by atoms with Crippen LogP contribution in [0.3, 0.4) is 0 Å². The van der Waals surface area contributed by atoms with E-state index in [9.17, 15) is 4.79 Å². The van der Waals surface area contributed by atoms with Crippen LogP contribution in [0.1, 0.15) is 90.4 Å². The first-order valence-electron chi connectivity index (χ1n) is 11.6. The molecule has 3 saturated carbocycles. The number of esters is 1. The Morgan fingerprint density at radius 1 is 0.815 bits per heavy atom. The zero-order valence-corrected chi connectivity index (χ0v) is 17.3. The second-order valence-corrected chi connectivity index (χ2v) is 9.16. The average Bonchev–Trinajstić information content (AvgIpc) is 2.72. The normalized spacial score (nSPS) is 30.9. The number of hydrogen-bond donors (Lipinski definition) is 0. The van der Waals surface area contributed by atoms with Crippen LogP contribution in [-0.4, -0.2) is 38.0 Å². The van der Waals surface area contributed by atoms with Gasteiger partial charge in [0.1, 0.15) is 0 Å². The lowest BCUT2D eigenvalue weighted by Crippen LogP contribution is -2.35. The molecule has 0 amide bonds. The van der Waals surface area contributed by atoms with Gasteiger partial charge in [-0.15, -0.1) is 0 Å². The zero-order chi connectivity index (χ0) is 18.9. The monoisotopic (exact) mass is 380 g/mol. The van der Waals surface area contributed by atoms with Crippen molar-refractivity contribution in [2.75, 3.05) is 19.8 Å². The van der Waals surface area contributed by atoms with Crippen molar-refractivity contribution in [1.29, 1.82) is 0 Å². The molecule has 3 fully saturated rings. The maximum atomic E-state index is 12.4. The molecule has 0 spiro atoms. The fourth-order valence-corrected chi connectivity index (χ4v) is 5.15. The predicted molar refractivity (Wildman–Crippen MR) is 107 cm³/mol. The van der Waals surface area contributed by atoms with Crippen LogP contribution >= 0.6 is 0 Å². The quantitative estimate of drug-likeness (QED) is 0.424. The van der Waals surface area contributed by atoms with Crippen LogP contribution in [-0.2, 0) is 19.0 Å². The van der Waals surface area contributed by atoms with Crippen molar-refractivity contribution in [2.45, 2.75) is 103 Å². The molecule has 0 bridgehead atoms. The summed E-state index contributed by atoms with van der Waals surface area (Å²) in [4.78, 5) is 12.4. The summed E-state index contributed by atoms with van der Waals surface area (Å²) >= 11 is 0. The van der Waals surface area contributed by atoms with Gasteiger partial charge in [0.2, 0.25) is 0 Å². The van der Waals surface area contributed by atoms with Gasteiger partial charge in [0, 0.05) is 0 Å². The van der Waals surface area contributed by atoms with E-state index in [4.69, 9.17) is 14.2 Å². The third kappa shape index (κ3) is 7.05. The maximum absolute atomic E-state index is 12.4. The molecule has 0 aromatic heterocycles.